The Hall–Kier alpha value is -2.17. The van der Waals surface area contributed by atoms with E-state index in [1.165, 1.54) is 0 Å². The van der Waals surface area contributed by atoms with Gasteiger partial charge in [0.25, 0.3) is 0 Å². The van der Waals surface area contributed by atoms with E-state index in [-0.39, 0.29) is 5.43 Å². The van der Waals surface area contributed by atoms with Gasteiger partial charge in [0.1, 0.15) is 6.73 Å². The van der Waals surface area contributed by atoms with Crippen molar-refractivity contribution in [2.75, 3.05) is 20.3 Å². The number of para-hydroxylation sites is 2. The second-order valence-corrected chi connectivity index (χ2v) is 4.82. The van der Waals surface area contributed by atoms with Crippen molar-refractivity contribution in [3.8, 4) is 0 Å². The van der Waals surface area contributed by atoms with Gasteiger partial charge in [0, 0.05) is 17.9 Å². The molecule has 21 heavy (non-hydrogen) atoms. The number of pyridine rings is 1. The summed E-state index contributed by atoms with van der Waals surface area (Å²) in [7, 11) is 1.65. The average Bonchev–Trinajstić information content (AvgIpc) is 2.54. The number of aromatic nitrogens is 1. The molecular formula is C17H17NO3. The number of fused-ring (bicyclic) bond motifs is 2. The van der Waals surface area contributed by atoms with Crippen LogP contribution in [0.3, 0.4) is 0 Å². The van der Waals surface area contributed by atoms with E-state index in [1.807, 2.05) is 53.1 Å². The Kier molecular flexibility index (Phi) is 3.99. The molecule has 0 aliphatic carbocycles. The van der Waals surface area contributed by atoms with Crippen LogP contribution >= 0.6 is 0 Å². The maximum absolute atomic E-state index is 12.5. The van der Waals surface area contributed by atoms with E-state index >= 15 is 0 Å². The first-order valence-corrected chi connectivity index (χ1v) is 6.90. The van der Waals surface area contributed by atoms with Gasteiger partial charge < -0.3 is 14.0 Å². The summed E-state index contributed by atoms with van der Waals surface area (Å²) in [5, 5.41) is 1.43. The van der Waals surface area contributed by atoms with Crippen LogP contribution in [0.15, 0.2) is 53.3 Å². The van der Waals surface area contributed by atoms with E-state index in [0.717, 1.165) is 11.0 Å². The normalized spacial score (nSPS) is 11.3. The number of hydrogen-bond acceptors (Lipinski definition) is 3. The molecule has 1 aromatic heterocycles. The fourth-order valence-corrected chi connectivity index (χ4v) is 2.51. The molecule has 0 bridgehead atoms. The van der Waals surface area contributed by atoms with Crippen LogP contribution in [-0.2, 0) is 16.2 Å². The number of ether oxygens (including phenoxy) is 2. The number of methoxy groups -OCH3 is 1. The first-order chi connectivity index (χ1) is 10.3. The molecule has 3 aromatic rings. The largest absolute Gasteiger partial charge is 0.382 e. The predicted molar refractivity (Wildman–Crippen MR) is 83.5 cm³/mol. The standard InChI is InChI=1S/C17H17NO3/c1-20-10-11-21-12-18-15-8-4-2-6-13(15)17(19)14-7-3-5-9-16(14)18/h2-9H,10-12H2,1H3. The lowest BCUT2D eigenvalue weighted by Crippen LogP contribution is -2.14. The van der Waals surface area contributed by atoms with Gasteiger partial charge in [-0.3, -0.25) is 4.79 Å². The van der Waals surface area contributed by atoms with Crippen molar-refractivity contribution in [2.45, 2.75) is 6.73 Å². The van der Waals surface area contributed by atoms with Crippen LogP contribution in [0.2, 0.25) is 0 Å². The smallest absolute Gasteiger partial charge is 0.197 e. The molecule has 0 spiro atoms. The molecule has 108 valence electrons. The molecule has 0 saturated heterocycles. The zero-order chi connectivity index (χ0) is 14.7. The second-order valence-electron chi connectivity index (χ2n) is 4.82. The average molecular weight is 283 g/mol. The molecule has 0 aliphatic heterocycles. The summed E-state index contributed by atoms with van der Waals surface area (Å²) < 4.78 is 12.7. The Morgan fingerprint density at radius 1 is 0.905 bits per heavy atom. The molecule has 1 heterocycles. The zero-order valence-electron chi connectivity index (χ0n) is 11.9. The minimum atomic E-state index is 0.0642. The van der Waals surface area contributed by atoms with Gasteiger partial charge >= 0.3 is 0 Å². The summed E-state index contributed by atoms with van der Waals surface area (Å²) in [4.78, 5) is 12.5. The molecular weight excluding hydrogens is 266 g/mol. The van der Waals surface area contributed by atoms with E-state index in [1.54, 1.807) is 7.11 Å². The van der Waals surface area contributed by atoms with E-state index in [9.17, 15) is 4.79 Å². The summed E-state index contributed by atoms with van der Waals surface area (Å²) >= 11 is 0. The summed E-state index contributed by atoms with van der Waals surface area (Å²) in [6.07, 6.45) is 0. The summed E-state index contributed by atoms with van der Waals surface area (Å²) in [5.74, 6) is 0. The highest BCUT2D eigenvalue weighted by Crippen LogP contribution is 2.18. The molecule has 0 amide bonds. The third-order valence-electron chi connectivity index (χ3n) is 3.53. The number of rotatable bonds is 5. The Balaban J connectivity index is 2.18. The third kappa shape index (κ3) is 2.55. The highest BCUT2D eigenvalue weighted by molar-refractivity contribution is 5.93. The van der Waals surface area contributed by atoms with Crippen LogP contribution in [0.1, 0.15) is 0 Å². The van der Waals surface area contributed by atoms with Crippen molar-refractivity contribution in [2.24, 2.45) is 0 Å². The Labute approximate surface area is 122 Å². The zero-order valence-corrected chi connectivity index (χ0v) is 11.9. The maximum Gasteiger partial charge on any atom is 0.197 e. The molecule has 0 unspecified atom stereocenters. The molecule has 3 rings (SSSR count). The topological polar surface area (TPSA) is 40.5 Å². The van der Waals surface area contributed by atoms with Crippen LogP contribution in [0.4, 0.5) is 0 Å². The van der Waals surface area contributed by atoms with Gasteiger partial charge in [-0.1, -0.05) is 24.3 Å². The lowest BCUT2D eigenvalue weighted by atomic mass is 10.1. The lowest BCUT2D eigenvalue weighted by molar-refractivity contribution is 0.0375. The van der Waals surface area contributed by atoms with E-state index in [4.69, 9.17) is 9.47 Å². The van der Waals surface area contributed by atoms with Gasteiger partial charge in [-0.25, -0.2) is 0 Å². The van der Waals surface area contributed by atoms with Gasteiger partial charge in [-0.15, -0.1) is 0 Å². The number of benzene rings is 2. The first kappa shape index (κ1) is 13.8. The molecule has 4 heteroatoms. The Morgan fingerprint density at radius 2 is 1.48 bits per heavy atom. The fraction of sp³-hybridized carbons (Fsp3) is 0.235. The number of hydrogen-bond donors (Lipinski definition) is 0. The first-order valence-electron chi connectivity index (χ1n) is 6.90. The van der Waals surface area contributed by atoms with Gasteiger partial charge in [0.15, 0.2) is 5.43 Å². The summed E-state index contributed by atoms with van der Waals surface area (Å²) in [6, 6.07) is 15.2. The van der Waals surface area contributed by atoms with Crippen molar-refractivity contribution in [3.05, 3.63) is 58.8 Å². The third-order valence-corrected chi connectivity index (χ3v) is 3.53. The van der Waals surface area contributed by atoms with Crippen LogP contribution < -0.4 is 5.43 Å². The van der Waals surface area contributed by atoms with Crippen LogP contribution in [0.5, 0.6) is 0 Å². The minimum Gasteiger partial charge on any atom is -0.382 e. The van der Waals surface area contributed by atoms with Crippen molar-refractivity contribution in [1.29, 1.82) is 0 Å². The SMILES string of the molecule is COCCOCn1c2ccccc2c(=O)c2ccccc21. The molecule has 0 fully saturated rings. The molecule has 4 nitrogen and oxygen atoms in total. The molecule has 0 N–H and O–H groups in total. The quantitative estimate of drug-likeness (QED) is 0.534. The monoisotopic (exact) mass is 283 g/mol. The maximum atomic E-state index is 12.5. The minimum absolute atomic E-state index is 0.0642. The highest BCUT2D eigenvalue weighted by atomic mass is 16.5. The Bertz CT molecular complexity index is 763. The van der Waals surface area contributed by atoms with Crippen LogP contribution in [-0.4, -0.2) is 24.9 Å². The van der Waals surface area contributed by atoms with Crippen LogP contribution in [0, 0.1) is 0 Å². The molecule has 0 atom stereocenters. The van der Waals surface area contributed by atoms with Gasteiger partial charge in [0.05, 0.1) is 24.2 Å². The van der Waals surface area contributed by atoms with Crippen molar-refractivity contribution < 1.29 is 9.47 Å². The molecule has 0 radical (unpaired) electrons. The summed E-state index contributed by atoms with van der Waals surface area (Å²) in [6.45, 7) is 1.46. The van der Waals surface area contributed by atoms with Crippen LogP contribution in [0.25, 0.3) is 21.8 Å². The molecule has 0 saturated carbocycles. The van der Waals surface area contributed by atoms with Crippen molar-refractivity contribution in [1.82, 2.24) is 4.57 Å². The fourth-order valence-electron chi connectivity index (χ4n) is 2.51. The van der Waals surface area contributed by atoms with E-state index in [2.05, 4.69) is 0 Å². The van der Waals surface area contributed by atoms with Crippen molar-refractivity contribution >= 4 is 21.8 Å². The molecule has 0 aliphatic rings. The van der Waals surface area contributed by atoms with Gasteiger partial charge in [0.2, 0.25) is 0 Å². The number of nitrogens with zero attached hydrogens (tertiary/aromatic N) is 1. The van der Waals surface area contributed by atoms with E-state index < -0.39 is 0 Å². The summed E-state index contributed by atoms with van der Waals surface area (Å²) in [5.41, 5.74) is 1.84. The lowest BCUT2D eigenvalue weighted by Gasteiger charge is -2.15. The van der Waals surface area contributed by atoms with Crippen molar-refractivity contribution in [3.63, 3.8) is 0 Å². The molecule has 2 aromatic carbocycles. The Morgan fingerprint density at radius 3 is 2.05 bits per heavy atom. The predicted octanol–water partition coefficient (Wildman–Crippen LogP) is 2.78. The van der Waals surface area contributed by atoms with Gasteiger partial charge in [-0.05, 0) is 24.3 Å². The highest BCUT2D eigenvalue weighted by Gasteiger charge is 2.09. The van der Waals surface area contributed by atoms with E-state index in [0.29, 0.717) is 30.7 Å². The second kappa shape index (κ2) is 6.08. The van der Waals surface area contributed by atoms with Gasteiger partial charge in [-0.2, -0.15) is 0 Å².